The molecule has 194 valence electrons. The fraction of sp³-hybridized carbons (Fsp3) is 0.750. The molecular weight excluding hydrogens is 470 g/mol. The Morgan fingerprint density at radius 2 is 2.03 bits per heavy atom. The van der Waals surface area contributed by atoms with Crippen LogP contribution >= 0.6 is 11.8 Å². The van der Waals surface area contributed by atoms with Gasteiger partial charge in [-0.2, -0.15) is 0 Å². The first-order valence-corrected chi connectivity index (χ1v) is 13.3. The van der Waals surface area contributed by atoms with Crippen molar-refractivity contribution < 1.29 is 24.3 Å². The number of Topliss-reactive ketones (excluding diaryl/α,β-unsaturated/α-hetero) is 1. The van der Waals surface area contributed by atoms with E-state index in [0.29, 0.717) is 43.9 Å². The number of likely N-dealkylation sites (N-methyl/N-ethyl adjacent to an activating group) is 1. The molecule has 2 amide bonds. The largest absolute Gasteiger partial charge is 0.477 e. The number of amides is 2. The maximum atomic E-state index is 13.1. The Balaban J connectivity index is 1.42. The minimum absolute atomic E-state index is 0.0312. The van der Waals surface area contributed by atoms with Crippen LogP contribution in [0.5, 0.6) is 0 Å². The van der Waals surface area contributed by atoms with Gasteiger partial charge in [0.2, 0.25) is 11.8 Å². The van der Waals surface area contributed by atoms with Crippen molar-refractivity contribution in [1.82, 2.24) is 20.0 Å². The second kappa shape index (κ2) is 10.2. The molecule has 4 aliphatic rings. The molecule has 0 saturated carbocycles. The lowest BCUT2D eigenvalue weighted by molar-refractivity contribution is -0.160. The first-order valence-electron chi connectivity index (χ1n) is 12.4. The highest BCUT2D eigenvalue weighted by Gasteiger charge is 2.60. The molecule has 0 unspecified atom stereocenters. The van der Waals surface area contributed by atoms with Crippen LogP contribution in [0.4, 0.5) is 0 Å². The summed E-state index contributed by atoms with van der Waals surface area (Å²) in [5, 5.41) is 13.3. The molecule has 11 heteroatoms. The lowest BCUT2D eigenvalue weighted by Crippen LogP contribution is -2.62. The van der Waals surface area contributed by atoms with Gasteiger partial charge >= 0.3 is 5.97 Å². The standard InChI is InChI=1S/C24H37N5O5S/c1-12(7-15(30)11-27(3)4)18-19-13(2)21(20(24(33)34)29(19)23(18)32)35-16-8-17(26-9-16)22(31)28-6-5-14(25)10-28/h12-14,16-19,26H,5-11,25H2,1-4H3,(H,33,34)/t12-,13+,14-,16-,17-,18+,19+/m0/s1. The maximum Gasteiger partial charge on any atom is 0.353 e. The van der Waals surface area contributed by atoms with Gasteiger partial charge in [0.1, 0.15) is 11.5 Å². The van der Waals surface area contributed by atoms with Gasteiger partial charge in [-0.25, -0.2) is 4.79 Å². The third-order valence-electron chi connectivity index (χ3n) is 7.67. The van der Waals surface area contributed by atoms with Gasteiger partial charge in [0, 0.05) is 48.2 Å². The average molecular weight is 508 g/mol. The summed E-state index contributed by atoms with van der Waals surface area (Å²) in [6, 6.07) is -0.502. The van der Waals surface area contributed by atoms with Crippen molar-refractivity contribution in [2.45, 2.75) is 56.5 Å². The second-order valence-electron chi connectivity index (χ2n) is 10.8. The third-order valence-corrected chi connectivity index (χ3v) is 9.18. The van der Waals surface area contributed by atoms with Crippen molar-refractivity contribution in [3.63, 3.8) is 0 Å². The first-order chi connectivity index (χ1) is 16.5. The molecule has 0 aromatic rings. The summed E-state index contributed by atoms with van der Waals surface area (Å²) in [5.41, 5.74) is 6.02. The van der Waals surface area contributed by atoms with Gasteiger partial charge in [-0.15, -0.1) is 11.8 Å². The van der Waals surface area contributed by atoms with Crippen LogP contribution < -0.4 is 11.1 Å². The van der Waals surface area contributed by atoms with E-state index in [1.54, 1.807) is 0 Å². The number of rotatable bonds is 9. The second-order valence-corrected chi connectivity index (χ2v) is 12.1. The van der Waals surface area contributed by atoms with Crippen LogP contribution in [0.2, 0.25) is 0 Å². The van der Waals surface area contributed by atoms with Crippen LogP contribution in [0, 0.1) is 17.8 Å². The van der Waals surface area contributed by atoms with E-state index < -0.39 is 5.97 Å². The van der Waals surface area contributed by atoms with E-state index in [2.05, 4.69) is 5.32 Å². The zero-order chi connectivity index (χ0) is 25.6. The zero-order valence-corrected chi connectivity index (χ0v) is 21.7. The van der Waals surface area contributed by atoms with Crippen molar-refractivity contribution in [3.05, 3.63) is 10.6 Å². The number of thioether (sulfide) groups is 1. The number of β-lactam (4-membered cyclic amide) rings is 1. The molecule has 0 aromatic carbocycles. The van der Waals surface area contributed by atoms with Gasteiger partial charge < -0.3 is 30.9 Å². The molecule has 35 heavy (non-hydrogen) atoms. The van der Waals surface area contributed by atoms with Crippen LogP contribution in [0.3, 0.4) is 0 Å². The quantitative estimate of drug-likeness (QED) is 0.367. The summed E-state index contributed by atoms with van der Waals surface area (Å²) < 4.78 is 0. The number of carbonyl (C=O) groups excluding carboxylic acids is 3. The molecule has 0 bridgehead atoms. The van der Waals surface area contributed by atoms with E-state index in [1.807, 2.05) is 37.7 Å². The molecular formula is C24H37N5O5S. The van der Waals surface area contributed by atoms with E-state index in [-0.39, 0.29) is 64.4 Å². The van der Waals surface area contributed by atoms with E-state index in [1.165, 1.54) is 16.7 Å². The number of nitrogens with two attached hydrogens (primary N) is 1. The average Bonchev–Trinajstić information content (AvgIpc) is 3.45. The molecule has 0 aliphatic carbocycles. The Morgan fingerprint density at radius 3 is 2.63 bits per heavy atom. The van der Waals surface area contributed by atoms with Crippen LogP contribution in [0.25, 0.3) is 0 Å². The van der Waals surface area contributed by atoms with Crippen molar-refractivity contribution in [2.24, 2.45) is 23.5 Å². The van der Waals surface area contributed by atoms with E-state index in [4.69, 9.17) is 5.73 Å². The molecule has 0 radical (unpaired) electrons. The number of hydrogen-bond donors (Lipinski definition) is 3. The zero-order valence-electron chi connectivity index (χ0n) is 20.9. The highest BCUT2D eigenvalue weighted by molar-refractivity contribution is 8.03. The fourth-order valence-corrected chi connectivity index (χ4v) is 7.52. The molecule has 3 fully saturated rings. The van der Waals surface area contributed by atoms with E-state index >= 15 is 0 Å². The number of fused-ring (bicyclic) bond motifs is 1. The number of carboxylic acids is 1. The Morgan fingerprint density at radius 1 is 1.31 bits per heavy atom. The summed E-state index contributed by atoms with van der Waals surface area (Å²) in [4.78, 5) is 56.2. The molecule has 10 nitrogen and oxygen atoms in total. The van der Waals surface area contributed by atoms with Gasteiger partial charge in [0.15, 0.2) is 0 Å². The Kier molecular flexibility index (Phi) is 7.61. The summed E-state index contributed by atoms with van der Waals surface area (Å²) >= 11 is 1.48. The number of hydrogen-bond acceptors (Lipinski definition) is 8. The number of likely N-dealkylation sites (tertiary alicyclic amines) is 1. The van der Waals surface area contributed by atoms with Gasteiger partial charge in [0.25, 0.3) is 0 Å². The predicted octanol–water partition coefficient (Wildman–Crippen LogP) is -0.0605. The topological polar surface area (TPSA) is 136 Å². The van der Waals surface area contributed by atoms with Gasteiger partial charge in [0.05, 0.1) is 24.5 Å². The minimum atomic E-state index is -1.10. The monoisotopic (exact) mass is 507 g/mol. The summed E-state index contributed by atoms with van der Waals surface area (Å²) in [6.07, 6.45) is 1.72. The molecule has 4 aliphatic heterocycles. The van der Waals surface area contributed by atoms with Gasteiger partial charge in [-0.1, -0.05) is 13.8 Å². The molecule has 0 aromatic heterocycles. The highest BCUT2D eigenvalue weighted by atomic mass is 32.2. The number of carboxylic acid groups (broad SMARTS) is 1. The smallest absolute Gasteiger partial charge is 0.353 e. The van der Waals surface area contributed by atoms with Crippen LogP contribution in [0.1, 0.15) is 33.1 Å². The Hall–Kier alpha value is -1.95. The fourth-order valence-electron chi connectivity index (χ4n) is 6.04. The summed E-state index contributed by atoms with van der Waals surface area (Å²) in [5.74, 6) is -1.82. The van der Waals surface area contributed by atoms with Crippen LogP contribution in [-0.4, -0.2) is 107 Å². The number of carbonyl (C=O) groups is 4. The molecule has 4 rings (SSSR count). The lowest BCUT2D eigenvalue weighted by Gasteiger charge is -2.47. The van der Waals surface area contributed by atoms with Gasteiger partial charge in [-0.3, -0.25) is 14.4 Å². The summed E-state index contributed by atoms with van der Waals surface area (Å²) in [7, 11) is 3.67. The van der Waals surface area contributed by atoms with E-state index in [9.17, 15) is 24.3 Å². The summed E-state index contributed by atoms with van der Waals surface area (Å²) in [6.45, 7) is 6.06. The minimum Gasteiger partial charge on any atom is -0.477 e. The van der Waals surface area contributed by atoms with Crippen molar-refractivity contribution in [3.8, 4) is 0 Å². The SMILES string of the molecule is C[C@@H](CC(=O)CN(C)C)[C@H]1C(=O)N2C(C(=O)O)=C(S[C@@H]3CN[C@H](C(=O)N4CC[C@H](N)C4)C3)[C@H](C)[C@H]12. The molecule has 3 saturated heterocycles. The highest BCUT2D eigenvalue weighted by Crippen LogP contribution is 2.53. The molecule has 4 N–H and O–H groups in total. The number of nitrogens with zero attached hydrogens (tertiary/aromatic N) is 3. The lowest BCUT2D eigenvalue weighted by atomic mass is 9.73. The molecule has 7 atom stereocenters. The molecule has 0 spiro atoms. The van der Waals surface area contributed by atoms with Crippen molar-refractivity contribution in [2.75, 3.05) is 40.3 Å². The van der Waals surface area contributed by atoms with Gasteiger partial charge in [-0.05, 0) is 32.9 Å². The van der Waals surface area contributed by atoms with Crippen molar-refractivity contribution >= 4 is 35.3 Å². The van der Waals surface area contributed by atoms with Crippen LogP contribution in [-0.2, 0) is 19.2 Å². The van der Waals surface area contributed by atoms with Crippen molar-refractivity contribution in [1.29, 1.82) is 0 Å². The Bertz CT molecular complexity index is 939. The Labute approximate surface area is 210 Å². The van der Waals surface area contributed by atoms with E-state index in [0.717, 1.165) is 6.42 Å². The number of aliphatic carboxylic acids is 1. The number of nitrogens with one attached hydrogen (secondary N) is 1. The predicted molar refractivity (Wildman–Crippen MR) is 132 cm³/mol. The first kappa shape index (κ1) is 26.1. The van der Waals surface area contributed by atoms with Crippen LogP contribution in [0.15, 0.2) is 10.6 Å². The number of ketones is 1. The maximum absolute atomic E-state index is 13.1. The third kappa shape index (κ3) is 5.00. The molecule has 4 heterocycles. The normalized spacial score (nSPS) is 33.4.